The Labute approximate surface area is 127 Å². The Morgan fingerprint density at radius 3 is 3.00 bits per heavy atom. The van der Waals surface area contributed by atoms with Crippen molar-refractivity contribution >= 4 is 17.0 Å². The van der Waals surface area contributed by atoms with Crippen LogP contribution in [-0.2, 0) is 19.4 Å². The van der Waals surface area contributed by atoms with Gasteiger partial charge in [0.1, 0.15) is 17.8 Å². The molecule has 0 aromatic carbocycles. The van der Waals surface area contributed by atoms with Gasteiger partial charge in [0.15, 0.2) is 17.2 Å². The number of oxazole rings is 1. The van der Waals surface area contributed by atoms with E-state index in [-0.39, 0.29) is 0 Å². The zero-order chi connectivity index (χ0) is 15.1. The molecule has 3 heterocycles. The number of aromatic nitrogens is 4. The van der Waals surface area contributed by atoms with E-state index in [0.717, 1.165) is 30.1 Å². The largest absolute Gasteiger partial charge is 0.422 e. The van der Waals surface area contributed by atoms with Crippen LogP contribution >= 0.6 is 0 Å². The first-order valence-corrected chi connectivity index (χ1v) is 7.48. The van der Waals surface area contributed by atoms with Crippen molar-refractivity contribution in [2.75, 3.05) is 11.9 Å². The third kappa shape index (κ3) is 2.13. The van der Waals surface area contributed by atoms with E-state index in [1.165, 1.54) is 24.7 Å². The van der Waals surface area contributed by atoms with E-state index in [1.54, 1.807) is 6.92 Å². The lowest BCUT2D eigenvalue weighted by atomic mass is 9.96. The van der Waals surface area contributed by atoms with Crippen molar-refractivity contribution in [1.82, 2.24) is 20.1 Å². The van der Waals surface area contributed by atoms with Gasteiger partial charge in [-0.3, -0.25) is 0 Å². The summed E-state index contributed by atoms with van der Waals surface area (Å²) in [5.74, 6) is 2.37. The first kappa shape index (κ1) is 13.2. The predicted molar refractivity (Wildman–Crippen MR) is 79.6 cm³/mol. The summed E-state index contributed by atoms with van der Waals surface area (Å²) in [5.41, 5.74) is 3.44. The highest BCUT2D eigenvalue weighted by Gasteiger charge is 2.22. The second kappa shape index (κ2) is 5.08. The monoisotopic (exact) mass is 299 g/mol. The minimum Gasteiger partial charge on any atom is -0.422 e. The van der Waals surface area contributed by atoms with Gasteiger partial charge < -0.3 is 13.8 Å². The van der Waals surface area contributed by atoms with E-state index < -0.39 is 0 Å². The third-order valence-electron chi connectivity index (χ3n) is 4.06. The Morgan fingerprint density at radius 1 is 1.23 bits per heavy atom. The molecular weight excluding hydrogens is 282 g/mol. The summed E-state index contributed by atoms with van der Waals surface area (Å²) in [6.45, 7) is 2.44. The normalized spacial score (nSPS) is 14.3. The topological polar surface area (TPSA) is 81.1 Å². The molecule has 0 spiro atoms. The molecule has 0 saturated heterocycles. The molecule has 1 aliphatic rings. The molecule has 0 N–H and O–H groups in total. The Kier molecular flexibility index (Phi) is 3.06. The van der Waals surface area contributed by atoms with E-state index in [2.05, 4.69) is 20.1 Å². The van der Waals surface area contributed by atoms with Crippen LogP contribution in [0.25, 0.3) is 11.2 Å². The van der Waals surface area contributed by atoms with Gasteiger partial charge in [0.2, 0.25) is 0 Å². The van der Waals surface area contributed by atoms with Crippen molar-refractivity contribution in [2.24, 2.45) is 0 Å². The lowest BCUT2D eigenvalue weighted by Gasteiger charge is -2.17. The molecule has 0 aliphatic heterocycles. The van der Waals surface area contributed by atoms with E-state index in [1.807, 2.05) is 11.9 Å². The summed E-state index contributed by atoms with van der Waals surface area (Å²) in [5, 5.41) is 4.24. The van der Waals surface area contributed by atoms with Crippen LogP contribution in [0.3, 0.4) is 0 Å². The van der Waals surface area contributed by atoms with Gasteiger partial charge in [0.25, 0.3) is 5.71 Å². The Balaban J connectivity index is 1.66. The minimum atomic E-state index is 0.511. The summed E-state index contributed by atoms with van der Waals surface area (Å²) in [7, 11) is 1.97. The summed E-state index contributed by atoms with van der Waals surface area (Å²) in [4.78, 5) is 14.8. The molecule has 0 bridgehead atoms. The maximum Gasteiger partial charge on any atom is 0.252 e. The quantitative estimate of drug-likeness (QED) is 0.734. The average Bonchev–Trinajstić information content (AvgIpc) is 3.09. The molecule has 0 fully saturated rings. The number of rotatable bonds is 3. The van der Waals surface area contributed by atoms with Crippen molar-refractivity contribution in [1.29, 1.82) is 0 Å². The highest BCUT2D eigenvalue weighted by atomic mass is 16.5. The molecule has 0 unspecified atom stereocenters. The number of fused-ring (bicyclic) bond motifs is 2. The van der Waals surface area contributed by atoms with Gasteiger partial charge in [0, 0.05) is 26.0 Å². The first-order chi connectivity index (χ1) is 10.7. The van der Waals surface area contributed by atoms with Crippen molar-refractivity contribution in [2.45, 2.75) is 39.2 Å². The molecule has 22 heavy (non-hydrogen) atoms. The average molecular weight is 299 g/mol. The number of aryl methyl sites for hydroxylation is 2. The molecule has 1 aliphatic carbocycles. The number of hydrogen-bond donors (Lipinski definition) is 0. The van der Waals surface area contributed by atoms with Crippen molar-refractivity contribution in [3.05, 3.63) is 29.2 Å². The Hall–Kier alpha value is -2.44. The van der Waals surface area contributed by atoms with Crippen LogP contribution in [0, 0.1) is 6.92 Å². The van der Waals surface area contributed by atoms with Crippen LogP contribution in [0.15, 0.2) is 15.3 Å². The van der Waals surface area contributed by atoms with Crippen LogP contribution in [0.2, 0.25) is 0 Å². The molecule has 7 nitrogen and oxygen atoms in total. The van der Waals surface area contributed by atoms with Crippen LogP contribution in [0.1, 0.15) is 35.7 Å². The summed E-state index contributed by atoms with van der Waals surface area (Å²) in [6.07, 6.45) is 5.92. The van der Waals surface area contributed by atoms with Gasteiger partial charge in [-0.2, -0.15) is 4.98 Å². The zero-order valence-corrected chi connectivity index (χ0v) is 12.7. The molecule has 7 heteroatoms. The molecular formula is C15H17N5O2. The molecule has 0 saturated carbocycles. The van der Waals surface area contributed by atoms with E-state index in [0.29, 0.717) is 23.7 Å². The van der Waals surface area contributed by atoms with Gasteiger partial charge in [0.05, 0.1) is 6.54 Å². The van der Waals surface area contributed by atoms with Gasteiger partial charge in [-0.05, 0) is 19.3 Å². The van der Waals surface area contributed by atoms with Crippen LogP contribution < -0.4 is 4.90 Å². The Bertz CT molecular complexity index is 823. The lowest BCUT2D eigenvalue weighted by Crippen LogP contribution is -2.19. The van der Waals surface area contributed by atoms with Crippen molar-refractivity contribution in [3.8, 4) is 0 Å². The molecule has 0 radical (unpaired) electrons. The Morgan fingerprint density at radius 2 is 2.09 bits per heavy atom. The highest BCUT2D eigenvalue weighted by Crippen LogP contribution is 2.27. The molecule has 0 amide bonds. The van der Waals surface area contributed by atoms with E-state index in [4.69, 9.17) is 8.94 Å². The highest BCUT2D eigenvalue weighted by molar-refractivity contribution is 5.81. The zero-order valence-electron chi connectivity index (χ0n) is 12.7. The fourth-order valence-corrected chi connectivity index (χ4v) is 3.00. The van der Waals surface area contributed by atoms with E-state index in [9.17, 15) is 0 Å². The summed E-state index contributed by atoms with van der Waals surface area (Å²) in [6, 6.07) is 0. The van der Waals surface area contributed by atoms with Crippen LogP contribution in [-0.4, -0.2) is 27.2 Å². The number of hydrogen-bond acceptors (Lipinski definition) is 7. The summed E-state index contributed by atoms with van der Waals surface area (Å²) < 4.78 is 10.9. The minimum absolute atomic E-state index is 0.511. The second-order valence-corrected chi connectivity index (χ2v) is 5.68. The van der Waals surface area contributed by atoms with Gasteiger partial charge >= 0.3 is 0 Å². The summed E-state index contributed by atoms with van der Waals surface area (Å²) >= 11 is 0. The fourth-order valence-electron chi connectivity index (χ4n) is 3.00. The number of nitrogens with zero attached hydrogens (tertiary/aromatic N) is 5. The second-order valence-electron chi connectivity index (χ2n) is 5.68. The standard InChI is InChI=1S/C15H17N5O2/c1-9-18-13-14(16-8-17-15(13)21-9)20(2)7-11-10-5-3-4-6-12(10)22-19-11/h8H,3-7H2,1-2H3. The molecule has 4 rings (SSSR count). The third-order valence-corrected chi connectivity index (χ3v) is 4.06. The van der Waals surface area contributed by atoms with Gasteiger partial charge in [-0.25, -0.2) is 9.97 Å². The van der Waals surface area contributed by atoms with Crippen molar-refractivity contribution < 1.29 is 8.94 Å². The number of anilines is 1. The lowest BCUT2D eigenvalue weighted by molar-refractivity contribution is 0.368. The van der Waals surface area contributed by atoms with Crippen LogP contribution in [0.4, 0.5) is 5.82 Å². The van der Waals surface area contributed by atoms with Gasteiger partial charge in [-0.15, -0.1) is 0 Å². The van der Waals surface area contributed by atoms with Crippen LogP contribution in [0.5, 0.6) is 0 Å². The van der Waals surface area contributed by atoms with Gasteiger partial charge in [-0.1, -0.05) is 5.16 Å². The predicted octanol–water partition coefficient (Wildman–Crippen LogP) is 2.43. The molecule has 3 aromatic rings. The fraction of sp³-hybridized carbons (Fsp3) is 0.467. The van der Waals surface area contributed by atoms with Crippen molar-refractivity contribution in [3.63, 3.8) is 0 Å². The maximum absolute atomic E-state index is 5.47. The maximum atomic E-state index is 5.47. The molecule has 3 aromatic heterocycles. The van der Waals surface area contributed by atoms with E-state index >= 15 is 0 Å². The first-order valence-electron chi connectivity index (χ1n) is 7.48. The smallest absolute Gasteiger partial charge is 0.252 e. The molecule has 114 valence electrons. The molecule has 0 atom stereocenters. The SMILES string of the molecule is Cc1nc2c(N(C)Cc3noc4c3CCCC4)ncnc2o1.